The largest absolute Gasteiger partial charge is 0.493 e. The van der Waals surface area contributed by atoms with Gasteiger partial charge in [0.25, 0.3) is 0 Å². The van der Waals surface area contributed by atoms with Crippen LogP contribution in [0.15, 0.2) is 59.5 Å². The molecule has 7 nitrogen and oxygen atoms in total. The van der Waals surface area contributed by atoms with Gasteiger partial charge in [-0.05, 0) is 55.0 Å². The van der Waals surface area contributed by atoms with Gasteiger partial charge >= 0.3 is 0 Å². The van der Waals surface area contributed by atoms with Crippen LogP contribution < -0.4 is 4.74 Å². The van der Waals surface area contributed by atoms with Crippen LogP contribution >= 0.6 is 35.1 Å². The first-order chi connectivity index (χ1) is 23.2. The molecule has 0 saturated carbocycles. The highest BCUT2D eigenvalue weighted by Crippen LogP contribution is 2.43. The number of ketones is 1. The third kappa shape index (κ3) is 6.40. The molecule has 0 saturated heterocycles. The number of aromatic nitrogens is 5. The van der Waals surface area contributed by atoms with E-state index in [1.165, 1.54) is 5.69 Å². The number of fused-ring (bicyclic) bond motifs is 8. The summed E-state index contributed by atoms with van der Waals surface area (Å²) in [7, 11) is 5.99. The van der Waals surface area contributed by atoms with Crippen molar-refractivity contribution in [2.45, 2.75) is 62.7 Å². The number of Topliss-reactive ketones (excluding diaryl/α,β-unsaturated/α-hetero) is 1. The fraction of sp³-hybridized carbons (Fsp3) is 0.342. The Hall–Kier alpha value is -3.66. The summed E-state index contributed by atoms with van der Waals surface area (Å²) in [5.41, 5.74) is 8.92. The summed E-state index contributed by atoms with van der Waals surface area (Å²) >= 11 is 10.7. The molecule has 48 heavy (non-hydrogen) atoms. The first kappa shape index (κ1) is 34.2. The van der Waals surface area contributed by atoms with Gasteiger partial charge in [-0.25, -0.2) is 0 Å². The molecule has 1 aliphatic heterocycles. The molecular weight excluding hydrogens is 658 g/mol. The first-order valence-corrected chi connectivity index (χ1v) is 18.9. The van der Waals surface area contributed by atoms with E-state index in [-0.39, 0.29) is 5.78 Å². The van der Waals surface area contributed by atoms with Crippen molar-refractivity contribution in [2.24, 2.45) is 21.1 Å². The van der Waals surface area contributed by atoms with Gasteiger partial charge in [-0.3, -0.25) is 14.2 Å². The molecule has 6 aromatic rings. The van der Waals surface area contributed by atoms with Crippen LogP contribution in [0.4, 0.5) is 0 Å². The Kier molecular flexibility index (Phi) is 10.3. The van der Waals surface area contributed by atoms with Crippen LogP contribution in [0.2, 0.25) is 5.02 Å². The van der Waals surface area contributed by atoms with Crippen LogP contribution in [0.3, 0.4) is 0 Å². The monoisotopic (exact) mass is 699 g/mol. The number of carbonyl (C=O) groups excluding carboxylic acids is 1. The van der Waals surface area contributed by atoms with Gasteiger partial charge in [0.1, 0.15) is 5.75 Å². The van der Waals surface area contributed by atoms with Crippen LogP contribution in [0.5, 0.6) is 5.75 Å². The van der Waals surface area contributed by atoms with Gasteiger partial charge in [0.2, 0.25) is 0 Å². The zero-order chi connectivity index (χ0) is 34.1. The summed E-state index contributed by atoms with van der Waals surface area (Å²) in [4.78, 5) is 14.3. The number of halogens is 1. The van der Waals surface area contributed by atoms with Crippen molar-refractivity contribution in [2.75, 3.05) is 6.61 Å². The van der Waals surface area contributed by atoms with Crippen LogP contribution in [0, 0.1) is 6.92 Å². The second kappa shape index (κ2) is 14.4. The molecule has 10 heteroatoms. The summed E-state index contributed by atoms with van der Waals surface area (Å²) < 4.78 is 12.5. The van der Waals surface area contributed by atoms with E-state index in [1.807, 2.05) is 73.7 Å². The second-order valence-corrected chi connectivity index (χ2v) is 14.4. The SMILES string of the molecule is CC.CC(=O)c1c2c3ccc(Cl)c(c3n1C)-c1c(C)nn(C)c1CSCc1cc(n(C)n1)CSc1cc(c3ccccc3c1)OCCC2. The van der Waals surface area contributed by atoms with Gasteiger partial charge in [0.05, 0.1) is 39.9 Å². The number of hydrogen-bond donors (Lipinski definition) is 0. The molecule has 8 bridgehead atoms. The lowest BCUT2D eigenvalue weighted by Gasteiger charge is -2.13. The topological polar surface area (TPSA) is 66.9 Å². The summed E-state index contributed by atoms with van der Waals surface area (Å²) in [6, 6.07) is 19.0. The van der Waals surface area contributed by atoms with Crippen molar-refractivity contribution in [3.63, 3.8) is 0 Å². The molecule has 3 aromatic carbocycles. The minimum atomic E-state index is 0.0373. The number of carbonyl (C=O) groups is 1. The number of nitrogens with zero attached hydrogens (tertiary/aromatic N) is 5. The molecule has 0 spiro atoms. The average Bonchev–Trinajstić information content (AvgIpc) is 3.67. The minimum absolute atomic E-state index is 0.0373. The molecule has 250 valence electrons. The highest BCUT2D eigenvalue weighted by molar-refractivity contribution is 7.98. The van der Waals surface area contributed by atoms with E-state index in [1.54, 1.807) is 18.7 Å². The van der Waals surface area contributed by atoms with Crippen molar-refractivity contribution in [3.05, 3.63) is 93.7 Å². The Labute approximate surface area is 296 Å². The molecule has 0 fully saturated rings. The maximum absolute atomic E-state index is 13.2. The van der Waals surface area contributed by atoms with Crippen LogP contribution in [-0.2, 0) is 44.8 Å². The number of thioether (sulfide) groups is 2. The number of ether oxygens (including phenoxy) is 1. The lowest BCUT2D eigenvalue weighted by Crippen LogP contribution is -2.07. The van der Waals surface area contributed by atoms with Crippen LogP contribution in [0.1, 0.15) is 66.0 Å². The Morgan fingerprint density at radius 1 is 0.917 bits per heavy atom. The molecule has 1 aliphatic rings. The van der Waals surface area contributed by atoms with E-state index in [0.29, 0.717) is 23.7 Å². The van der Waals surface area contributed by atoms with Crippen molar-refractivity contribution in [3.8, 4) is 16.9 Å². The van der Waals surface area contributed by atoms with Gasteiger partial charge in [-0.1, -0.05) is 55.8 Å². The molecule has 0 amide bonds. The quantitative estimate of drug-likeness (QED) is 0.159. The Morgan fingerprint density at radius 3 is 2.50 bits per heavy atom. The summed E-state index contributed by atoms with van der Waals surface area (Å²) in [6.07, 6.45) is 1.46. The average molecular weight is 700 g/mol. The minimum Gasteiger partial charge on any atom is -0.493 e. The molecule has 0 N–H and O–H groups in total. The molecule has 0 atom stereocenters. The van der Waals surface area contributed by atoms with E-state index in [9.17, 15) is 4.79 Å². The van der Waals surface area contributed by atoms with Gasteiger partial charge in [-0.2, -0.15) is 10.2 Å². The molecule has 0 radical (unpaired) electrons. The molecular formula is C38H42ClN5O2S2. The molecule has 0 aliphatic carbocycles. The summed E-state index contributed by atoms with van der Waals surface area (Å²) in [5.74, 6) is 3.25. The maximum Gasteiger partial charge on any atom is 0.176 e. The lowest BCUT2D eigenvalue weighted by atomic mass is 9.98. The molecule has 4 heterocycles. The number of hydrogen-bond acceptors (Lipinski definition) is 6. The normalized spacial score (nSPS) is 13.8. The highest BCUT2D eigenvalue weighted by atomic mass is 35.5. The fourth-order valence-corrected chi connectivity index (χ4v) is 9.02. The van der Waals surface area contributed by atoms with Crippen molar-refractivity contribution >= 4 is 62.6 Å². The van der Waals surface area contributed by atoms with E-state index < -0.39 is 0 Å². The maximum atomic E-state index is 13.2. The lowest BCUT2D eigenvalue weighted by molar-refractivity contribution is 0.100. The third-order valence-electron chi connectivity index (χ3n) is 8.86. The molecule has 0 unspecified atom stereocenters. The molecule has 3 aromatic heterocycles. The molecule has 7 rings (SSSR count). The van der Waals surface area contributed by atoms with Crippen molar-refractivity contribution in [1.82, 2.24) is 24.1 Å². The third-order valence-corrected chi connectivity index (χ3v) is 11.2. The van der Waals surface area contributed by atoms with E-state index in [4.69, 9.17) is 26.5 Å². The Morgan fingerprint density at radius 2 is 1.71 bits per heavy atom. The number of benzene rings is 3. The van der Waals surface area contributed by atoms with Gasteiger partial charge in [0.15, 0.2) is 5.78 Å². The van der Waals surface area contributed by atoms with Crippen molar-refractivity contribution in [1.29, 1.82) is 0 Å². The van der Waals surface area contributed by atoms with E-state index in [2.05, 4.69) is 48.5 Å². The van der Waals surface area contributed by atoms with Crippen LogP contribution in [-0.4, -0.2) is 36.5 Å². The Bertz CT molecular complexity index is 2140. The van der Waals surface area contributed by atoms with Crippen molar-refractivity contribution < 1.29 is 9.53 Å². The number of aryl methyl sites for hydroxylation is 5. The Balaban J connectivity index is 0.00000197. The first-order valence-electron chi connectivity index (χ1n) is 16.4. The summed E-state index contributed by atoms with van der Waals surface area (Å²) in [5, 5.41) is 13.6. The predicted molar refractivity (Wildman–Crippen MR) is 202 cm³/mol. The van der Waals surface area contributed by atoms with E-state index >= 15 is 0 Å². The fourth-order valence-electron chi connectivity index (χ4n) is 6.81. The van der Waals surface area contributed by atoms with Gasteiger partial charge in [0, 0.05) is 77.8 Å². The standard InChI is InChI=1S/C36H36ClN5O2S2.C2H6/c1-21-33-31(42(5)38-21)20-45-18-24-16-25(41(4)39-24)19-46-26-15-23-9-6-7-10-27(23)32(17-26)44-14-8-11-28-29-12-13-30(37)34(33)36(29)40(3)35(28)22(2)43;1-2/h6-7,9-10,12-13,15-17H,8,11,14,18-20H2,1-5H3;1-2H3. The highest BCUT2D eigenvalue weighted by Gasteiger charge is 2.26. The zero-order valence-electron chi connectivity index (χ0n) is 28.7. The predicted octanol–water partition coefficient (Wildman–Crippen LogP) is 9.71. The van der Waals surface area contributed by atoms with Crippen LogP contribution in [0.25, 0.3) is 32.8 Å². The zero-order valence-corrected chi connectivity index (χ0v) is 31.1. The second-order valence-electron chi connectivity index (χ2n) is 11.9. The number of rotatable bonds is 1. The smallest absolute Gasteiger partial charge is 0.176 e. The van der Waals surface area contributed by atoms with E-state index in [0.717, 1.165) is 89.8 Å². The van der Waals surface area contributed by atoms with Gasteiger partial charge < -0.3 is 9.30 Å². The summed E-state index contributed by atoms with van der Waals surface area (Å²) in [6.45, 7) is 8.21. The van der Waals surface area contributed by atoms with Gasteiger partial charge in [-0.15, -0.1) is 23.5 Å².